The minimum absolute atomic E-state index is 0.0132. The Hall–Kier alpha value is -1.85. The van der Waals surface area contributed by atoms with Gasteiger partial charge in [0.25, 0.3) is 0 Å². The molecule has 100 valence electrons. The Labute approximate surface area is 106 Å². The predicted octanol–water partition coefficient (Wildman–Crippen LogP) is 0.846. The van der Waals surface area contributed by atoms with Crippen molar-refractivity contribution in [3.8, 4) is 0 Å². The van der Waals surface area contributed by atoms with Gasteiger partial charge in [-0.1, -0.05) is 6.92 Å². The number of nitrogens with one attached hydrogen (secondary N) is 1. The average Bonchev–Trinajstić information content (AvgIpc) is 2.56. The summed E-state index contributed by atoms with van der Waals surface area (Å²) in [4.78, 5) is 22.1. The van der Waals surface area contributed by atoms with Crippen LogP contribution in [0.3, 0.4) is 0 Å². The van der Waals surface area contributed by atoms with E-state index >= 15 is 0 Å². The summed E-state index contributed by atoms with van der Waals surface area (Å²) in [6, 6.07) is 0. The molecule has 0 fully saturated rings. The van der Waals surface area contributed by atoms with Crippen LogP contribution >= 0.6 is 0 Å². The Kier molecular flexibility index (Phi) is 4.88. The largest absolute Gasteiger partial charge is 0.481 e. The van der Waals surface area contributed by atoms with E-state index in [1.165, 1.54) is 0 Å². The molecular formula is C12H19N3O3. The molecule has 1 amide bonds. The first-order valence-corrected chi connectivity index (χ1v) is 5.86. The van der Waals surface area contributed by atoms with E-state index in [9.17, 15) is 9.59 Å². The summed E-state index contributed by atoms with van der Waals surface area (Å²) >= 11 is 0. The third kappa shape index (κ3) is 4.20. The van der Waals surface area contributed by atoms with E-state index in [0.717, 1.165) is 11.3 Å². The molecule has 1 rings (SSSR count). The zero-order valence-corrected chi connectivity index (χ0v) is 10.9. The van der Waals surface area contributed by atoms with Crippen molar-refractivity contribution in [2.45, 2.75) is 33.2 Å². The fraction of sp³-hybridized carbons (Fsp3) is 0.583. The van der Waals surface area contributed by atoms with Gasteiger partial charge in [0.15, 0.2) is 0 Å². The van der Waals surface area contributed by atoms with Crippen LogP contribution < -0.4 is 5.32 Å². The van der Waals surface area contributed by atoms with Crippen LogP contribution in [0.2, 0.25) is 0 Å². The van der Waals surface area contributed by atoms with Crippen LogP contribution in [-0.4, -0.2) is 26.8 Å². The number of aliphatic carboxylic acids is 1. The van der Waals surface area contributed by atoms with Crippen LogP contribution in [0.1, 0.15) is 31.0 Å². The zero-order chi connectivity index (χ0) is 13.7. The molecule has 0 aliphatic heterocycles. The van der Waals surface area contributed by atoms with Gasteiger partial charge < -0.3 is 10.4 Å². The van der Waals surface area contributed by atoms with Gasteiger partial charge in [0, 0.05) is 37.7 Å². The van der Waals surface area contributed by atoms with E-state index in [-0.39, 0.29) is 24.7 Å². The standard InChI is InChI=1S/C12H19N3O3/c1-8(5-12(17)18)4-11(16)13-6-10-7-14-15(3)9(10)2/h7-8H,4-6H2,1-3H3,(H,13,16)(H,17,18). The summed E-state index contributed by atoms with van der Waals surface area (Å²) in [7, 11) is 1.84. The summed E-state index contributed by atoms with van der Waals surface area (Å²) in [5, 5.41) is 15.5. The van der Waals surface area contributed by atoms with Crippen molar-refractivity contribution in [1.29, 1.82) is 0 Å². The molecule has 1 unspecified atom stereocenters. The van der Waals surface area contributed by atoms with Gasteiger partial charge in [-0.3, -0.25) is 14.3 Å². The fourth-order valence-electron chi connectivity index (χ4n) is 1.67. The maximum absolute atomic E-state index is 11.6. The third-order valence-electron chi connectivity index (χ3n) is 2.87. The molecule has 1 aromatic rings. The molecule has 1 heterocycles. The Morgan fingerprint density at radius 2 is 2.17 bits per heavy atom. The van der Waals surface area contributed by atoms with Crippen molar-refractivity contribution in [2.75, 3.05) is 0 Å². The first-order valence-electron chi connectivity index (χ1n) is 5.86. The molecule has 1 atom stereocenters. The first-order chi connectivity index (χ1) is 8.40. The maximum Gasteiger partial charge on any atom is 0.303 e. The summed E-state index contributed by atoms with van der Waals surface area (Å²) in [5.41, 5.74) is 1.98. The van der Waals surface area contributed by atoms with Gasteiger partial charge in [0.1, 0.15) is 0 Å². The molecule has 18 heavy (non-hydrogen) atoms. The molecule has 0 aliphatic carbocycles. The topological polar surface area (TPSA) is 84.2 Å². The van der Waals surface area contributed by atoms with Gasteiger partial charge in [0.05, 0.1) is 6.20 Å². The van der Waals surface area contributed by atoms with Crippen LogP contribution in [0.25, 0.3) is 0 Å². The zero-order valence-electron chi connectivity index (χ0n) is 10.9. The quantitative estimate of drug-likeness (QED) is 0.787. The van der Waals surface area contributed by atoms with Gasteiger partial charge in [-0.15, -0.1) is 0 Å². The number of aryl methyl sites for hydroxylation is 1. The molecule has 0 radical (unpaired) electrons. The lowest BCUT2D eigenvalue weighted by Crippen LogP contribution is -2.25. The molecule has 2 N–H and O–H groups in total. The molecular weight excluding hydrogens is 234 g/mol. The van der Waals surface area contributed by atoms with Crippen molar-refractivity contribution in [3.63, 3.8) is 0 Å². The summed E-state index contributed by atoms with van der Waals surface area (Å²) in [6.45, 7) is 4.11. The van der Waals surface area contributed by atoms with Gasteiger partial charge in [0.2, 0.25) is 5.91 Å². The lowest BCUT2D eigenvalue weighted by atomic mass is 10.0. The number of hydrogen-bond donors (Lipinski definition) is 2. The number of carbonyl (C=O) groups is 2. The highest BCUT2D eigenvalue weighted by atomic mass is 16.4. The maximum atomic E-state index is 11.6. The molecule has 1 aromatic heterocycles. The normalized spacial score (nSPS) is 12.2. The first kappa shape index (κ1) is 14.2. The second kappa shape index (κ2) is 6.18. The Balaban J connectivity index is 2.37. The van der Waals surface area contributed by atoms with E-state index in [1.54, 1.807) is 17.8 Å². The Morgan fingerprint density at radius 3 is 2.67 bits per heavy atom. The molecule has 0 spiro atoms. The number of carboxylic acids is 1. The SMILES string of the molecule is Cc1c(CNC(=O)CC(C)CC(=O)O)cnn1C. The van der Waals surface area contributed by atoms with Crippen LogP contribution in [0.15, 0.2) is 6.20 Å². The van der Waals surface area contributed by atoms with E-state index in [0.29, 0.717) is 6.54 Å². The molecule has 0 saturated heterocycles. The molecule has 6 nitrogen and oxygen atoms in total. The van der Waals surface area contributed by atoms with E-state index in [4.69, 9.17) is 5.11 Å². The van der Waals surface area contributed by atoms with Gasteiger partial charge >= 0.3 is 5.97 Å². The lowest BCUT2D eigenvalue weighted by Gasteiger charge is -2.09. The molecule has 0 saturated carbocycles. The highest BCUT2D eigenvalue weighted by molar-refractivity contribution is 5.77. The van der Waals surface area contributed by atoms with Crippen molar-refractivity contribution < 1.29 is 14.7 Å². The van der Waals surface area contributed by atoms with Crippen molar-refractivity contribution in [3.05, 3.63) is 17.5 Å². The monoisotopic (exact) mass is 253 g/mol. The summed E-state index contributed by atoms with van der Waals surface area (Å²) < 4.78 is 1.74. The predicted molar refractivity (Wildman–Crippen MR) is 65.8 cm³/mol. The minimum Gasteiger partial charge on any atom is -0.481 e. The van der Waals surface area contributed by atoms with E-state index < -0.39 is 5.97 Å². The molecule has 0 aliphatic rings. The number of amides is 1. The lowest BCUT2D eigenvalue weighted by molar-refractivity contribution is -0.138. The number of aromatic nitrogens is 2. The molecule has 0 bridgehead atoms. The van der Waals surface area contributed by atoms with E-state index in [2.05, 4.69) is 10.4 Å². The van der Waals surface area contributed by atoms with Crippen LogP contribution in [0.5, 0.6) is 0 Å². The third-order valence-corrected chi connectivity index (χ3v) is 2.87. The number of hydrogen-bond acceptors (Lipinski definition) is 3. The van der Waals surface area contributed by atoms with Crippen LogP contribution in [0, 0.1) is 12.8 Å². The molecule has 6 heteroatoms. The fourth-order valence-corrected chi connectivity index (χ4v) is 1.67. The number of carboxylic acid groups (broad SMARTS) is 1. The summed E-state index contributed by atoms with van der Waals surface area (Å²) in [5.74, 6) is -1.16. The number of nitrogens with zero attached hydrogens (tertiary/aromatic N) is 2. The molecule has 0 aromatic carbocycles. The highest BCUT2D eigenvalue weighted by Crippen LogP contribution is 2.08. The van der Waals surface area contributed by atoms with Gasteiger partial charge in [-0.25, -0.2) is 0 Å². The van der Waals surface area contributed by atoms with Crippen molar-refractivity contribution in [1.82, 2.24) is 15.1 Å². The second-order valence-electron chi connectivity index (χ2n) is 4.56. The highest BCUT2D eigenvalue weighted by Gasteiger charge is 2.13. The number of rotatable bonds is 6. The minimum atomic E-state index is -0.876. The van der Waals surface area contributed by atoms with Gasteiger partial charge in [-0.2, -0.15) is 5.10 Å². The van der Waals surface area contributed by atoms with Crippen LogP contribution in [0.4, 0.5) is 0 Å². The average molecular weight is 253 g/mol. The summed E-state index contributed by atoms with van der Waals surface area (Å²) in [6.07, 6.45) is 1.96. The van der Waals surface area contributed by atoms with Crippen LogP contribution in [-0.2, 0) is 23.2 Å². The van der Waals surface area contributed by atoms with E-state index in [1.807, 2.05) is 14.0 Å². The number of carbonyl (C=O) groups excluding carboxylic acids is 1. The van der Waals surface area contributed by atoms with Crippen molar-refractivity contribution in [2.24, 2.45) is 13.0 Å². The second-order valence-corrected chi connectivity index (χ2v) is 4.56. The van der Waals surface area contributed by atoms with Gasteiger partial charge in [-0.05, 0) is 12.8 Å². The van der Waals surface area contributed by atoms with Crippen molar-refractivity contribution >= 4 is 11.9 Å². The Bertz CT molecular complexity index is 440. The Morgan fingerprint density at radius 1 is 1.50 bits per heavy atom. The smallest absolute Gasteiger partial charge is 0.303 e.